The van der Waals surface area contributed by atoms with E-state index in [4.69, 9.17) is 5.73 Å². The number of rotatable bonds is 4. The largest absolute Gasteiger partial charge is 0.353 e. The van der Waals surface area contributed by atoms with Crippen molar-refractivity contribution >= 4 is 30.1 Å². The smallest absolute Gasteiger partial charge is 0.221 e. The van der Waals surface area contributed by atoms with Crippen molar-refractivity contribution in [3.63, 3.8) is 0 Å². The van der Waals surface area contributed by atoms with E-state index in [9.17, 15) is 4.79 Å². The normalized spacial score (nSPS) is 25.5. The van der Waals surface area contributed by atoms with E-state index in [1.165, 1.54) is 0 Å². The number of carbonyl (C=O) groups excluding carboxylic acids is 1. The molecule has 1 saturated carbocycles. The van der Waals surface area contributed by atoms with Crippen LogP contribution in [0.3, 0.4) is 0 Å². The predicted molar refractivity (Wildman–Crippen MR) is 68.6 cm³/mol. The molecule has 0 saturated heterocycles. The molecule has 1 rings (SSSR count). The Morgan fingerprint density at radius 1 is 1.53 bits per heavy atom. The predicted octanol–water partition coefficient (Wildman–Crippen LogP) is 1.55. The minimum absolute atomic E-state index is 0. The van der Waals surface area contributed by atoms with Crippen LogP contribution in [-0.4, -0.2) is 30.0 Å². The Morgan fingerprint density at radius 3 is 2.87 bits per heavy atom. The summed E-state index contributed by atoms with van der Waals surface area (Å²) in [5.74, 6) is 1.09. The van der Waals surface area contributed by atoms with Crippen molar-refractivity contribution in [1.29, 1.82) is 0 Å². The SMILES string of the molecule is CSCCC(=O)NC1CCCC(N)C1.Cl. The molecule has 0 aromatic rings. The molecule has 0 aliphatic heterocycles. The van der Waals surface area contributed by atoms with Gasteiger partial charge < -0.3 is 11.1 Å². The molecule has 1 amide bonds. The molecule has 90 valence electrons. The van der Waals surface area contributed by atoms with Gasteiger partial charge in [0.1, 0.15) is 0 Å². The lowest BCUT2D eigenvalue weighted by Gasteiger charge is -2.27. The first-order valence-corrected chi connectivity index (χ1v) is 6.65. The number of amides is 1. The Balaban J connectivity index is 0.00000196. The minimum Gasteiger partial charge on any atom is -0.353 e. The van der Waals surface area contributed by atoms with Crippen molar-refractivity contribution in [2.45, 2.75) is 44.2 Å². The van der Waals surface area contributed by atoms with Gasteiger partial charge in [-0.15, -0.1) is 12.4 Å². The zero-order valence-corrected chi connectivity index (χ0v) is 10.8. The van der Waals surface area contributed by atoms with Crippen molar-refractivity contribution in [1.82, 2.24) is 5.32 Å². The summed E-state index contributed by atoms with van der Waals surface area (Å²) in [4.78, 5) is 11.4. The summed E-state index contributed by atoms with van der Waals surface area (Å²) in [5, 5.41) is 3.05. The van der Waals surface area contributed by atoms with Gasteiger partial charge in [-0.3, -0.25) is 4.79 Å². The maximum absolute atomic E-state index is 11.4. The summed E-state index contributed by atoms with van der Waals surface area (Å²) >= 11 is 1.71. The highest BCUT2D eigenvalue weighted by molar-refractivity contribution is 7.98. The van der Waals surface area contributed by atoms with Gasteiger partial charge in [0, 0.05) is 24.3 Å². The standard InChI is InChI=1S/C10H20N2OS.ClH/c1-14-6-5-10(13)12-9-4-2-3-8(11)7-9;/h8-9H,2-7,11H2,1H3,(H,12,13);1H. The Hall–Kier alpha value is 0.0700. The van der Waals surface area contributed by atoms with E-state index < -0.39 is 0 Å². The Morgan fingerprint density at radius 2 is 2.27 bits per heavy atom. The number of carbonyl (C=O) groups is 1. The van der Waals surface area contributed by atoms with Gasteiger partial charge in [-0.25, -0.2) is 0 Å². The molecule has 0 aromatic carbocycles. The van der Waals surface area contributed by atoms with E-state index in [-0.39, 0.29) is 24.4 Å². The van der Waals surface area contributed by atoms with E-state index in [0.29, 0.717) is 12.5 Å². The lowest BCUT2D eigenvalue weighted by molar-refractivity contribution is -0.121. The first kappa shape index (κ1) is 15.1. The molecule has 0 heterocycles. The summed E-state index contributed by atoms with van der Waals surface area (Å²) in [7, 11) is 0. The molecule has 0 radical (unpaired) electrons. The fourth-order valence-electron chi connectivity index (χ4n) is 1.85. The fourth-order valence-corrected chi connectivity index (χ4v) is 2.24. The van der Waals surface area contributed by atoms with E-state index >= 15 is 0 Å². The summed E-state index contributed by atoms with van der Waals surface area (Å²) in [6, 6.07) is 0.614. The molecular weight excluding hydrogens is 232 g/mol. The van der Waals surface area contributed by atoms with Gasteiger partial charge in [0.25, 0.3) is 0 Å². The highest BCUT2D eigenvalue weighted by Crippen LogP contribution is 2.16. The van der Waals surface area contributed by atoms with Crippen molar-refractivity contribution in [2.24, 2.45) is 5.73 Å². The third-order valence-corrected chi connectivity index (χ3v) is 3.23. The molecule has 0 aromatic heterocycles. The fraction of sp³-hybridized carbons (Fsp3) is 0.900. The molecule has 3 N–H and O–H groups in total. The number of nitrogens with two attached hydrogens (primary N) is 1. The molecule has 1 aliphatic carbocycles. The van der Waals surface area contributed by atoms with Crippen molar-refractivity contribution in [3.05, 3.63) is 0 Å². The highest BCUT2D eigenvalue weighted by Gasteiger charge is 2.20. The second-order valence-electron chi connectivity index (χ2n) is 3.93. The van der Waals surface area contributed by atoms with Crippen LogP contribution in [0.1, 0.15) is 32.1 Å². The van der Waals surface area contributed by atoms with Gasteiger partial charge in [-0.2, -0.15) is 11.8 Å². The summed E-state index contributed by atoms with van der Waals surface area (Å²) < 4.78 is 0. The topological polar surface area (TPSA) is 55.1 Å². The first-order valence-electron chi connectivity index (χ1n) is 5.26. The molecule has 0 bridgehead atoms. The number of nitrogens with one attached hydrogen (secondary N) is 1. The zero-order chi connectivity index (χ0) is 10.4. The maximum Gasteiger partial charge on any atom is 0.221 e. The van der Waals surface area contributed by atoms with Gasteiger partial charge in [0.05, 0.1) is 0 Å². The molecule has 0 spiro atoms. The lowest BCUT2D eigenvalue weighted by atomic mass is 9.91. The van der Waals surface area contributed by atoms with Crippen LogP contribution in [0.2, 0.25) is 0 Å². The Kier molecular flexibility index (Phi) is 8.29. The zero-order valence-electron chi connectivity index (χ0n) is 9.20. The molecule has 3 nitrogen and oxygen atoms in total. The third kappa shape index (κ3) is 6.28. The maximum atomic E-state index is 11.4. The summed E-state index contributed by atoms with van der Waals surface area (Å²) in [5.41, 5.74) is 5.85. The van der Waals surface area contributed by atoms with Gasteiger partial charge in [0.2, 0.25) is 5.91 Å². The monoisotopic (exact) mass is 252 g/mol. The molecule has 1 aliphatic rings. The molecule has 1 fully saturated rings. The molecule has 5 heteroatoms. The second-order valence-corrected chi connectivity index (χ2v) is 4.92. The van der Waals surface area contributed by atoms with E-state index in [1.54, 1.807) is 11.8 Å². The van der Waals surface area contributed by atoms with Crippen LogP contribution in [-0.2, 0) is 4.79 Å². The number of thioether (sulfide) groups is 1. The summed E-state index contributed by atoms with van der Waals surface area (Å²) in [6.07, 6.45) is 6.95. The van der Waals surface area contributed by atoms with Crippen LogP contribution in [0.25, 0.3) is 0 Å². The number of hydrogen-bond acceptors (Lipinski definition) is 3. The van der Waals surface area contributed by atoms with Crippen molar-refractivity contribution in [2.75, 3.05) is 12.0 Å². The van der Waals surface area contributed by atoms with Crippen molar-refractivity contribution in [3.8, 4) is 0 Å². The second kappa shape index (κ2) is 8.25. The van der Waals surface area contributed by atoms with Crippen LogP contribution in [0, 0.1) is 0 Å². The van der Waals surface area contributed by atoms with Crippen LogP contribution < -0.4 is 11.1 Å². The number of hydrogen-bond donors (Lipinski definition) is 2. The van der Waals surface area contributed by atoms with Crippen LogP contribution in [0.15, 0.2) is 0 Å². The van der Waals surface area contributed by atoms with E-state index in [1.807, 2.05) is 6.26 Å². The molecule has 2 unspecified atom stereocenters. The average Bonchev–Trinajstić information content (AvgIpc) is 2.15. The van der Waals surface area contributed by atoms with Gasteiger partial charge in [0.15, 0.2) is 0 Å². The quantitative estimate of drug-likeness (QED) is 0.798. The van der Waals surface area contributed by atoms with E-state index in [0.717, 1.165) is 31.4 Å². The lowest BCUT2D eigenvalue weighted by Crippen LogP contribution is -2.42. The molecular formula is C10H21ClN2OS. The molecule has 2 atom stereocenters. The summed E-state index contributed by atoms with van der Waals surface area (Å²) in [6.45, 7) is 0. The van der Waals surface area contributed by atoms with Crippen molar-refractivity contribution < 1.29 is 4.79 Å². The highest BCUT2D eigenvalue weighted by atomic mass is 35.5. The van der Waals surface area contributed by atoms with Gasteiger partial charge in [-0.05, 0) is 31.9 Å². The van der Waals surface area contributed by atoms with Crippen LogP contribution in [0.5, 0.6) is 0 Å². The third-order valence-electron chi connectivity index (χ3n) is 2.61. The van der Waals surface area contributed by atoms with Crippen LogP contribution in [0.4, 0.5) is 0 Å². The Bertz CT molecular complexity index is 192. The first-order chi connectivity index (χ1) is 6.72. The van der Waals surface area contributed by atoms with Gasteiger partial charge >= 0.3 is 0 Å². The molecule has 15 heavy (non-hydrogen) atoms. The van der Waals surface area contributed by atoms with E-state index in [2.05, 4.69) is 5.32 Å². The Labute approximate surface area is 102 Å². The average molecular weight is 253 g/mol. The minimum atomic E-state index is 0. The number of halogens is 1. The van der Waals surface area contributed by atoms with Gasteiger partial charge in [-0.1, -0.05) is 0 Å². The van der Waals surface area contributed by atoms with Crippen LogP contribution >= 0.6 is 24.2 Å².